The van der Waals surface area contributed by atoms with Crippen molar-refractivity contribution in [2.45, 2.75) is 32.7 Å². The SMILES string of the molecule is CCCNc1cc(N(C)C(C)(C)CO)nc(N)n1. The number of aliphatic hydroxyl groups is 1. The fourth-order valence-electron chi connectivity index (χ4n) is 1.38. The minimum absolute atomic E-state index is 0.0329. The Labute approximate surface area is 108 Å². The molecule has 0 aliphatic heterocycles. The van der Waals surface area contributed by atoms with Crippen LogP contribution < -0.4 is 16.0 Å². The predicted molar refractivity (Wildman–Crippen MR) is 74.8 cm³/mol. The summed E-state index contributed by atoms with van der Waals surface area (Å²) in [6.45, 7) is 6.82. The summed E-state index contributed by atoms with van der Waals surface area (Å²) in [5, 5.41) is 12.6. The van der Waals surface area contributed by atoms with E-state index in [1.165, 1.54) is 0 Å². The maximum atomic E-state index is 9.37. The number of likely N-dealkylation sites (N-methyl/N-ethyl adjacent to an activating group) is 1. The van der Waals surface area contributed by atoms with E-state index in [-0.39, 0.29) is 12.6 Å². The molecule has 6 heteroatoms. The molecule has 1 aromatic rings. The number of nitrogens with zero attached hydrogens (tertiary/aromatic N) is 3. The lowest BCUT2D eigenvalue weighted by Crippen LogP contribution is -2.45. The van der Waals surface area contributed by atoms with Gasteiger partial charge in [0.2, 0.25) is 5.95 Å². The van der Waals surface area contributed by atoms with Crippen molar-refractivity contribution < 1.29 is 5.11 Å². The molecule has 1 heterocycles. The molecule has 0 fully saturated rings. The average molecular weight is 253 g/mol. The third-order valence-electron chi connectivity index (χ3n) is 2.92. The largest absolute Gasteiger partial charge is 0.394 e. The van der Waals surface area contributed by atoms with Crippen LogP contribution in [0, 0.1) is 0 Å². The second-order valence-electron chi connectivity index (χ2n) is 4.93. The number of anilines is 3. The molecule has 0 aliphatic carbocycles. The van der Waals surface area contributed by atoms with Gasteiger partial charge in [-0.3, -0.25) is 0 Å². The van der Waals surface area contributed by atoms with E-state index in [1.54, 1.807) is 0 Å². The summed E-state index contributed by atoms with van der Waals surface area (Å²) in [5.74, 6) is 1.63. The zero-order chi connectivity index (χ0) is 13.8. The summed E-state index contributed by atoms with van der Waals surface area (Å²) in [4.78, 5) is 10.2. The summed E-state index contributed by atoms with van der Waals surface area (Å²) in [6, 6.07) is 1.84. The van der Waals surface area contributed by atoms with Crippen molar-refractivity contribution in [1.82, 2.24) is 9.97 Å². The smallest absolute Gasteiger partial charge is 0.223 e. The van der Waals surface area contributed by atoms with E-state index in [9.17, 15) is 5.11 Å². The van der Waals surface area contributed by atoms with Crippen LogP contribution in [0.4, 0.5) is 17.6 Å². The van der Waals surface area contributed by atoms with Crippen LogP contribution in [0.15, 0.2) is 6.07 Å². The van der Waals surface area contributed by atoms with Crippen LogP contribution in [0.25, 0.3) is 0 Å². The second-order valence-corrected chi connectivity index (χ2v) is 4.93. The van der Waals surface area contributed by atoms with Crippen molar-refractivity contribution in [3.63, 3.8) is 0 Å². The van der Waals surface area contributed by atoms with Crippen molar-refractivity contribution in [1.29, 1.82) is 0 Å². The Morgan fingerprint density at radius 2 is 2.11 bits per heavy atom. The molecule has 4 N–H and O–H groups in total. The quantitative estimate of drug-likeness (QED) is 0.703. The highest BCUT2D eigenvalue weighted by molar-refractivity contribution is 5.53. The number of rotatable bonds is 6. The van der Waals surface area contributed by atoms with Crippen molar-refractivity contribution in [2.24, 2.45) is 0 Å². The van der Waals surface area contributed by atoms with Crippen LogP contribution in [0.1, 0.15) is 27.2 Å². The lowest BCUT2D eigenvalue weighted by molar-refractivity contribution is 0.215. The molecule has 18 heavy (non-hydrogen) atoms. The van der Waals surface area contributed by atoms with Gasteiger partial charge >= 0.3 is 0 Å². The minimum Gasteiger partial charge on any atom is -0.394 e. The van der Waals surface area contributed by atoms with E-state index in [4.69, 9.17) is 5.73 Å². The Bertz CT molecular complexity index is 394. The van der Waals surface area contributed by atoms with Crippen molar-refractivity contribution >= 4 is 17.6 Å². The molecule has 0 saturated heterocycles. The summed E-state index contributed by atoms with van der Waals surface area (Å²) < 4.78 is 0. The molecular weight excluding hydrogens is 230 g/mol. The molecular formula is C12H23N5O. The van der Waals surface area contributed by atoms with Gasteiger partial charge in [-0.2, -0.15) is 9.97 Å². The Kier molecular flexibility index (Phi) is 4.72. The topological polar surface area (TPSA) is 87.3 Å². The van der Waals surface area contributed by atoms with Crippen LogP contribution in [0.2, 0.25) is 0 Å². The molecule has 0 saturated carbocycles. The maximum Gasteiger partial charge on any atom is 0.223 e. The molecule has 1 rings (SSSR count). The zero-order valence-corrected chi connectivity index (χ0v) is 11.6. The highest BCUT2D eigenvalue weighted by Crippen LogP contribution is 2.22. The first-order chi connectivity index (χ1) is 8.40. The Morgan fingerprint density at radius 3 is 2.67 bits per heavy atom. The van der Waals surface area contributed by atoms with Gasteiger partial charge in [0.25, 0.3) is 0 Å². The van der Waals surface area contributed by atoms with Crippen LogP contribution >= 0.6 is 0 Å². The van der Waals surface area contributed by atoms with E-state index in [0.717, 1.165) is 13.0 Å². The maximum absolute atomic E-state index is 9.37. The summed E-state index contributed by atoms with van der Waals surface area (Å²) in [5.41, 5.74) is 5.30. The Balaban J connectivity index is 2.98. The summed E-state index contributed by atoms with van der Waals surface area (Å²) in [6.07, 6.45) is 1.01. The Morgan fingerprint density at radius 1 is 1.44 bits per heavy atom. The molecule has 1 aromatic heterocycles. The molecule has 6 nitrogen and oxygen atoms in total. The second kappa shape index (κ2) is 5.86. The Hall–Kier alpha value is -1.56. The van der Waals surface area contributed by atoms with Gasteiger partial charge in [-0.15, -0.1) is 0 Å². The van der Waals surface area contributed by atoms with Gasteiger partial charge < -0.3 is 21.1 Å². The van der Waals surface area contributed by atoms with Crippen LogP contribution in [-0.4, -0.2) is 40.8 Å². The first-order valence-corrected chi connectivity index (χ1v) is 6.14. The van der Waals surface area contributed by atoms with Gasteiger partial charge in [0, 0.05) is 19.7 Å². The average Bonchev–Trinajstić information content (AvgIpc) is 2.34. The lowest BCUT2D eigenvalue weighted by atomic mass is 10.1. The number of hydrogen-bond donors (Lipinski definition) is 3. The van der Waals surface area contributed by atoms with E-state index >= 15 is 0 Å². The predicted octanol–water partition coefficient (Wildman–Crippen LogP) is 1.09. The molecule has 0 aliphatic rings. The highest BCUT2D eigenvalue weighted by atomic mass is 16.3. The molecule has 0 aromatic carbocycles. The van der Waals surface area contributed by atoms with Crippen molar-refractivity contribution in [2.75, 3.05) is 36.1 Å². The van der Waals surface area contributed by atoms with Gasteiger partial charge in [-0.25, -0.2) is 0 Å². The van der Waals surface area contributed by atoms with Gasteiger partial charge in [0.15, 0.2) is 0 Å². The molecule has 0 bridgehead atoms. The van der Waals surface area contributed by atoms with Crippen LogP contribution in [-0.2, 0) is 0 Å². The third kappa shape index (κ3) is 3.46. The van der Waals surface area contributed by atoms with E-state index in [0.29, 0.717) is 11.6 Å². The zero-order valence-electron chi connectivity index (χ0n) is 11.6. The number of hydrogen-bond acceptors (Lipinski definition) is 6. The first kappa shape index (κ1) is 14.5. The summed E-state index contributed by atoms with van der Waals surface area (Å²) >= 11 is 0. The van der Waals surface area contributed by atoms with E-state index < -0.39 is 5.54 Å². The van der Waals surface area contributed by atoms with Crippen LogP contribution in [0.3, 0.4) is 0 Å². The molecule has 0 atom stereocenters. The van der Waals surface area contributed by atoms with Gasteiger partial charge in [-0.1, -0.05) is 6.92 Å². The monoisotopic (exact) mass is 253 g/mol. The van der Waals surface area contributed by atoms with Crippen molar-refractivity contribution in [3.05, 3.63) is 6.07 Å². The molecule has 0 spiro atoms. The normalized spacial score (nSPS) is 11.4. The van der Waals surface area contributed by atoms with Gasteiger partial charge in [0.05, 0.1) is 12.1 Å². The number of nitrogens with two attached hydrogens (primary N) is 1. The molecule has 102 valence electrons. The minimum atomic E-state index is -0.400. The first-order valence-electron chi connectivity index (χ1n) is 6.14. The lowest BCUT2D eigenvalue weighted by Gasteiger charge is -2.35. The molecule has 0 unspecified atom stereocenters. The third-order valence-corrected chi connectivity index (χ3v) is 2.92. The molecule has 0 radical (unpaired) electrons. The van der Waals surface area contributed by atoms with Crippen molar-refractivity contribution in [3.8, 4) is 0 Å². The standard InChI is InChI=1S/C12H23N5O/c1-5-6-14-9-7-10(16-11(13)15-9)17(4)12(2,3)8-18/h7,18H,5-6,8H2,1-4H3,(H3,13,14,15,16). The number of aromatic nitrogens is 2. The number of nitrogen functional groups attached to an aromatic ring is 1. The highest BCUT2D eigenvalue weighted by Gasteiger charge is 2.24. The van der Waals surface area contributed by atoms with Crippen LogP contribution in [0.5, 0.6) is 0 Å². The van der Waals surface area contributed by atoms with E-state index in [1.807, 2.05) is 31.9 Å². The fourth-order valence-corrected chi connectivity index (χ4v) is 1.38. The number of nitrogens with one attached hydrogen (secondary N) is 1. The fraction of sp³-hybridized carbons (Fsp3) is 0.667. The van der Waals surface area contributed by atoms with E-state index in [2.05, 4.69) is 22.2 Å². The summed E-state index contributed by atoms with van der Waals surface area (Å²) in [7, 11) is 1.88. The van der Waals surface area contributed by atoms with Gasteiger partial charge in [-0.05, 0) is 20.3 Å². The van der Waals surface area contributed by atoms with Gasteiger partial charge in [0.1, 0.15) is 11.6 Å². The number of aliphatic hydroxyl groups excluding tert-OH is 1. The molecule has 0 amide bonds.